The second-order valence-electron chi connectivity index (χ2n) is 5.75. The molecule has 5 heteroatoms. The minimum atomic E-state index is -1.03. The van der Waals surface area contributed by atoms with Crippen LogP contribution in [0.3, 0.4) is 0 Å². The van der Waals surface area contributed by atoms with Crippen molar-refractivity contribution in [2.24, 2.45) is 5.92 Å². The summed E-state index contributed by atoms with van der Waals surface area (Å²) >= 11 is 0. The standard InChI is InChI=1S/C18H22N2O3/c1-4-20(18(23)19-16(12(2)3)17(21)22)15-11-7-9-13-8-5-6-10-14(13)15/h5-12,16H,4H2,1-3H3,(H,19,23)(H,21,22)/t16-/m1/s1. The molecule has 0 heterocycles. The fraction of sp³-hybridized carbons (Fsp3) is 0.333. The zero-order valence-electron chi connectivity index (χ0n) is 13.6. The fourth-order valence-electron chi connectivity index (χ4n) is 2.59. The molecule has 0 saturated carbocycles. The molecule has 122 valence electrons. The van der Waals surface area contributed by atoms with Crippen LogP contribution in [-0.2, 0) is 4.79 Å². The Morgan fingerprint density at radius 2 is 1.78 bits per heavy atom. The second-order valence-corrected chi connectivity index (χ2v) is 5.75. The first-order chi connectivity index (χ1) is 11.0. The summed E-state index contributed by atoms with van der Waals surface area (Å²) in [6.45, 7) is 5.86. The van der Waals surface area contributed by atoms with Crippen LogP contribution in [0.4, 0.5) is 10.5 Å². The number of urea groups is 1. The maximum atomic E-state index is 12.6. The highest BCUT2D eigenvalue weighted by atomic mass is 16.4. The number of carbonyl (C=O) groups excluding carboxylic acids is 1. The normalized spacial score (nSPS) is 12.2. The van der Waals surface area contributed by atoms with Gasteiger partial charge in [0.05, 0.1) is 5.69 Å². The third-order valence-corrected chi connectivity index (χ3v) is 3.83. The number of carboxylic acids is 1. The van der Waals surface area contributed by atoms with Crippen LogP contribution in [0.25, 0.3) is 10.8 Å². The molecule has 0 aromatic heterocycles. The summed E-state index contributed by atoms with van der Waals surface area (Å²) in [4.78, 5) is 25.5. The number of anilines is 1. The summed E-state index contributed by atoms with van der Waals surface area (Å²) in [5, 5.41) is 13.9. The van der Waals surface area contributed by atoms with E-state index in [4.69, 9.17) is 0 Å². The lowest BCUT2D eigenvalue weighted by Gasteiger charge is -2.26. The SMILES string of the molecule is CCN(C(=O)N[C@@H](C(=O)O)C(C)C)c1cccc2ccccc12. The Hall–Kier alpha value is -2.56. The topological polar surface area (TPSA) is 69.6 Å². The lowest BCUT2D eigenvalue weighted by molar-refractivity contribution is -0.140. The van der Waals surface area contributed by atoms with Crippen molar-refractivity contribution in [2.45, 2.75) is 26.8 Å². The zero-order valence-corrected chi connectivity index (χ0v) is 13.6. The minimum absolute atomic E-state index is 0.192. The predicted octanol–water partition coefficient (Wildman–Crippen LogP) is 3.48. The highest BCUT2D eigenvalue weighted by Crippen LogP contribution is 2.26. The van der Waals surface area contributed by atoms with Gasteiger partial charge in [-0.15, -0.1) is 0 Å². The molecule has 2 N–H and O–H groups in total. The molecule has 2 rings (SSSR count). The molecule has 0 aliphatic carbocycles. The summed E-state index contributed by atoms with van der Waals surface area (Å²) in [6, 6.07) is 12.3. The maximum absolute atomic E-state index is 12.6. The second kappa shape index (κ2) is 7.13. The van der Waals surface area contributed by atoms with Crippen LogP contribution in [-0.4, -0.2) is 29.7 Å². The number of rotatable bonds is 5. The van der Waals surface area contributed by atoms with Crippen LogP contribution < -0.4 is 10.2 Å². The van der Waals surface area contributed by atoms with Crippen molar-refractivity contribution >= 4 is 28.5 Å². The quantitative estimate of drug-likeness (QED) is 0.887. The number of carbonyl (C=O) groups is 2. The average Bonchev–Trinajstić information content (AvgIpc) is 2.53. The highest BCUT2D eigenvalue weighted by Gasteiger charge is 2.26. The Morgan fingerprint density at radius 3 is 2.39 bits per heavy atom. The van der Waals surface area contributed by atoms with Gasteiger partial charge in [-0.3, -0.25) is 4.90 Å². The van der Waals surface area contributed by atoms with Gasteiger partial charge in [0.1, 0.15) is 6.04 Å². The lowest BCUT2D eigenvalue weighted by atomic mass is 10.1. The van der Waals surface area contributed by atoms with Crippen LogP contribution in [0.2, 0.25) is 0 Å². The Balaban J connectivity index is 2.34. The summed E-state index contributed by atoms with van der Waals surface area (Å²) in [6.07, 6.45) is 0. The molecule has 2 aromatic rings. The molecule has 2 aromatic carbocycles. The number of nitrogens with one attached hydrogen (secondary N) is 1. The number of carboxylic acid groups (broad SMARTS) is 1. The third kappa shape index (κ3) is 3.62. The predicted molar refractivity (Wildman–Crippen MR) is 91.8 cm³/mol. The Kier molecular flexibility index (Phi) is 5.21. The van der Waals surface area contributed by atoms with Crippen LogP contribution >= 0.6 is 0 Å². The van der Waals surface area contributed by atoms with Crippen molar-refractivity contribution in [1.29, 1.82) is 0 Å². The van der Waals surface area contributed by atoms with Crippen molar-refractivity contribution in [3.05, 3.63) is 42.5 Å². The number of fused-ring (bicyclic) bond motifs is 1. The largest absolute Gasteiger partial charge is 0.480 e. The van der Waals surface area contributed by atoms with Gasteiger partial charge in [-0.2, -0.15) is 0 Å². The first-order valence-electron chi connectivity index (χ1n) is 7.74. The molecular weight excluding hydrogens is 292 g/mol. The summed E-state index contributed by atoms with van der Waals surface area (Å²) in [5.74, 6) is -1.22. The number of aliphatic carboxylic acids is 1. The minimum Gasteiger partial charge on any atom is -0.480 e. The van der Waals surface area contributed by atoms with E-state index in [0.717, 1.165) is 16.5 Å². The summed E-state index contributed by atoms with van der Waals surface area (Å²) in [5.41, 5.74) is 0.774. The maximum Gasteiger partial charge on any atom is 0.326 e. The highest BCUT2D eigenvalue weighted by molar-refractivity contribution is 6.03. The van der Waals surface area contributed by atoms with Gasteiger partial charge in [0.15, 0.2) is 0 Å². The summed E-state index contributed by atoms with van der Waals surface area (Å²) < 4.78 is 0. The fourth-order valence-corrected chi connectivity index (χ4v) is 2.59. The van der Waals surface area contributed by atoms with Gasteiger partial charge in [0.25, 0.3) is 0 Å². The van der Waals surface area contributed by atoms with Gasteiger partial charge in [0.2, 0.25) is 0 Å². The first kappa shape index (κ1) is 16.8. The van der Waals surface area contributed by atoms with Crippen LogP contribution in [0.15, 0.2) is 42.5 Å². The van der Waals surface area contributed by atoms with Crippen LogP contribution in [0.5, 0.6) is 0 Å². The van der Waals surface area contributed by atoms with E-state index in [1.165, 1.54) is 0 Å². The molecule has 0 radical (unpaired) electrons. The van der Waals surface area contributed by atoms with E-state index in [1.807, 2.05) is 49.4 Å². The van der Waals surface area contributed by atoms with E-state index in [1.54, 1.807) is 18.7 Å². The first-order valence-corrected chi connectivity index (χ1v) is 7.74. The molecule has 0 aliphatic heterocycles. The van der Waals surface area contributed by atoms with Gasteiger partial charge in [-0.25, -0.2) is 9.59 Å². The van der Waals surface area contributed by atoms with Gasteiger partial charge < -0.3 is 10.4 Å². The van der Waals surface area contributed by atoms with Crippen molar-refractivity contribution in [1.82, 2.24) is 5.32 Å². The van der Waals surface area contributed by atoms with Crippen molar-refractivity contribution in [2.75, 3.05) is 11.4 Å². The monoisotopic (exact) mass is 314 g/mol. The summed E-state index contributed by atoms with van der Waals surface area (Å²) in [7, 11) is 0. The molecule has 1 atom stereocenters. The van der Waals surface area contributed by atoms with Gasteiger partial charge in [-0.05, 0) is 24.3 Å². The Bertz CT molecular complexity index is 707. The molecule has 23 heavy (non-hydrogen) atoms. The van der Waals surface area contributed by atoms with E-state index in [2.05, 4.69) is 5.32 Å². The van der Waals surface area contributed by atoms with Crippen molar-refractivity contribution in [3.63, 3.8) is 0 Å². The molecule has 2 amide bonds. The van der Waals surface area contributed by atoms with E-state index in [9.17, 15) is 14.7 Å². The van der Waals surface area contributed by atoms with Crippen molar-refractivity contribution < 1.29 is 14.7 Å². The molecule has 0 saturated heterocycles. The van der Waals surface area contributed by atoms with E-state index < -0.39 is 18.0 Å². The molecule has 0 unspecified atom stereocenters. The Morgan fingerprint density at radius 1 is 1.13 bits per heavy atom. The smallest absolute Gasteiger partial charge is 0.326 e. The number of nitrogens with zero attached hydrogens (tertiary/aromatic N) is 1. The number of amides is 2. The number of hydrogen-bond donors (Lipinski definition) is 2. The van der Waals surface area contributed by atoms with Crippen molar-refractivity contribution in [3.8, 4) is 0 Å². The zero-order chi connectivity index (χ0) is 17.0. The lowest BCUT2D eigenvalue weighted by Crippen LogP contribution is -2.50. The molecule has 0 fully saturated rings. The van der Waals surface area contributed by atoms with E-state index in [-0.39, 0.29) is 5.92 Å². The average molecular weight is 314 g/mol. The van der Waals surface area contributed by atoms with E-state index in [0.29, 0.717) is 6.54 Å². The Labute approximate surface area is 135 Å². The van der Waals surface area contributed by atoms with Crippen LogP contribution in [0.1, 0.15) is 20.8 Å². The van der Waals surface area contributed by atoms with Gasteiger partial charge in [0, 0.05) is 11.9 Å². The van der Waals surface area contributed by atoms with Crippen LogP contribution in [0, 0.1) is 5.92 Å². The molecule has 0 aliphatic rings. The third-order valence-electron chi connectivity index (χ3n) is 3.83. The molecule has 0 bridgehead atoms. The molecule has 5 nitrogen and oxygen atoms in total. The van der Waals surface area contributed by atoms with E-state index >= 15 is 0 Å². The number of hydrogen-bond acceptors (Lipinski definition) is 2. The molecule has 0 spiro atoms. The van der Waals surface area contributed by atoms with Gasteiger partial charge in [-0.1, -0.05) is 50.2 Å². The van der Waals surface area contributed by atoms with Gasteiger partial charge >= 0.3 is 12.0 Å². The number of benzene rings is 2. The molecular formula is C18H22N2O3.